The predicted octanol–water partition coefficient (Wildman–Crippen LogP) is 2.45. The highest BCUT2D eigenvalue weighted by Crippen LogP contribution is 2.13. The molecule has 1 aromatic heterocycles. The Kier molecular flexibility index (Phi) is 4.23. The molecule has 0 radical (unpaired) electrons. The van der Waals surface area contributed by atoms with Gasteiger partial charge in [0, 0.05) is 12.2 Å². The Balaban J connectivity index is 2.03. The van der Waals surface area contributed by atoms with Crippen LogP contribution in [0.5, 0.6) is 0 Å². The first-order valence-corrected chi connectivity index (χ1v) is 6.34. The van der Waals surface area contributed by atoms with Gasteiger partial charge in [-0.15, -0.1) is 0 Å². The van der Waals surface area contributed by atoms with Crippen LogP contribution in [0.4, 0.5) is 5.69 Å². The zero-order chi connectivity index (χ0) is 13.7. The second-order valence-electron chi connectivity index (χ2n) is 4.36. The number of likely N-dealkylation sites (N-methyl/N-ethyl adjacent to an activating group) is 1. The lowest BCUT2D eigenvalue weighted by Crippen LogP contribution is -2.31. The van der Waals surface area contributed by atoms with Crippen LogP contribution in [0.15, 0.2) is 47.1 Å². The Labute approximate surface area is 112 Å². The summed E-state index contributed by atoms with van der Waals surface area (Å²) in [5.41, 5.74) is 7.38. The molecule has 4 nitrogen and oxygen atoms in total. The quantitative estimate of drug-likeness (QED) is 0.838. The highest BCUT2D eigenvalue weighted by molar-refractivity contribution is 5.80. The molecule has 2 aromatic rings. The Morgan fingerprint density at radius 1 is 1.26 bits per heavy atom. The first-order valence-electron chi connectivity index (χ1n) is 6.34. The molecule has 1 heterocycles. The van der Waals surface area contributed by atoms with E-state index < -0.39 is 0 Å². The summed E-state index contributed by atoms with van der Waals surface area (Å²) in [5.74, 6) is 0.841. The minimum absolute atomic E-state index is 0.0526. The van der Waals surface area contributed by atoms with E-state index in [1.54, 1.807) is 11.2 Å². The highest BCUT2D eigenvalue weighted by atomic mass is 16.3. The SMILES string of the molecule is CCN(Cc1ccco1)C(=O)Cc1ccccc1N. The maximum Gasteiger partial charge on any atom is 0.227 e. The summed E-state index contributed by atoms with van der Waals surface area (Å²) < 4.78 is 5.27. The number of carbonyl (C=O) groups excluding carboxylic acids is 1. The van der Waals surface area contributed by atoms with Crippen LogP contribution in [-0.4, -0.2) is 17.4 Å². The van der Waals surface area contributed by atoms with Crippen LogP contribution in [0.1, 0.15) is 18.2 Å². The lowest BCUT2D eigenvalue weighted by molar-refractivity contribution is -0.131. The van der Waals surface area contributed by atoms with Crippen LogP contribution in [0, 0.1) is 0 Å². The van der Waals surface area contributed by atoms with Crippen LogP contribution in [0.2, 0.25) is 0 Å². The van der Waals surface area contributed by atoms with Crippen molar-refractivity contribution in [2.45, 2.75) is 19.9 Å². The van der Waals surface area contributed by atoms with Crippen molar-refractivity contribution in [2.24, 2.45) is 0 Å². The van der Waals surface area contributed by atoms with Crippen molar-refractivity contribution in [3.8, 4) is 0 Å². The van der Waals surface area contributed by atoms with Crippen molar-refractivity contribution in [1.82, 2.24) is 4.90 Å². The Morgan fingerprint density at radius 2 is 2.05 bits per heavy atom. The number of amides is 1. The smallest absolute Gasteiger partial charge is 0.227 e. The van der Waals surface area contributed by atoms with Crippen molar-refractivity contribution >= 4 is 11.6 Å². The van der Waals surface area contributed by atoms with Crippen LogP contribution < -0.4 is 5.73 Å². The summed E-state index contributed by atoms with van der Waals surface area (Å²) in [4.78, 5) is 14.0. The number of para-hydroxylation sites is 1. The third-order valence-corrected chi connectivity index (χ3v) is 3.06. The number of nitrogen functional groups attached to an aromatic ring is 1. The van der Waals surface area contributed by atoms with Gasteiger partial charge in [-0.1, -0.05) is 18.2 Å². The largest absolute Gasteiger partial charge is 0.467 e. The molecular weight excluding hydrogens is 240 g/mol. The van der Waals surface area contributed by atoms with Crippen molar-refractivity contribution in [1.29, 1.82) is 0 Å². The normalized spacial score (nSPS) is 10.4. The fourth-order valence-corrected chi connectivity index (χ4v) is 1.94. The van der Waals surface area contributed by atoms with Gasteiger partial charge in [0.2, 0.25) is 5.91 Å². The molecule has 0 saturated carbocycles. The molecule has 1 aromatic carbocycles. The van der Waals surface area contributed by atoms with Gasteiger partial charge in [0.15, 0.2) is 0 Å². The summed E-state index contributed by atoms with van der Waals surface area (Å²) in [7, 11) is 0. The molecule has 1 amide bonds. The molecule has 0 bridgehead atoms. The lowest BCUT2D eigenvalue weighted by atomic mass is 10.1. The van der Waals surface area contributed by atoms with E-state index in [9.17, 15) is 4.79 Å². The molecule has 0 unspecified atom stereocenters. The van der Waals surface area contributed by atoms with Crippen LogP contribution in [-0.2, 0) is 17.8 Å². The van der Waals surface area contributed by atoms with Crippen molar-refractivity contribution < 1.29 is 9.21 Å². The van der Waals surface area contributed by atoms with E-state index in [1.165, 1.54) is 0 Å². The topological polar surface area (TPSA) is 59.5 Å². The second-order valence-corrected chi connectivity index (χ2v) is 4.36. The lowest BCUT2D eigenvalue weighted by Gasteiger charge is -2.20. The van der Waals surface area contributed by atoms with Gasteiger partial charge >= 0.3 is 0 Å². The molecule has 4 heteroatoms. The van der Waals surface area contributed by atoms with E-state index in [-0.39, 0.29) is 5.91 Å². The summed E-state index contributed by atoms with van der Waals surface area (Å²) in [6.45, 7) is 3.09. The first-order chi connectivity index (χ1) is 9.20. The molecule has 2 rings (SSSR count). The molecule has 100 valence electrons. The molecule has 19 heavy (non-hydrogen) atoms. The average molecular weight is 258 g/mol. The molecule has 2 N–H and O–H groups in total. The van der Waals surface area contributed by atoms with Gasteiger partial charge < -0.3 is 15.1 Å². The fourth-order valence-electron chi connectivity index (χ4n) is 1.94. The number of benzene rings is 1. The summed E-state index contributed by atoms with van der Waals surface area (Å²) >= 11 is 0. The van der Waals surface area contributed by atoms with Crippen molar-refractivity contribution in [3.63, 3.8) is 0 Å². The molecule has 0 saturated heterocycles. The zero-order valence-corrected chi connectivity index (χ0v) is 11.0. The number of carbonyl (C=O) groups is 1. The molecule has 0 aliphatic heterocycles. The summed E-state index contributed by atoms with van der Waals surface area (Å²) in [5, 5.41) is 0. The van der Waals surface area contributed by atoms with Gasteiger partial charge in [0.1, 0.15) is 5.76 Å². The van der Waals surface area contributed by atoms with E-state index in [0.29, 0.717) is 25.2 Å². The molecule has 0 aliphatic carbocycles. The molecule has 0 spiro atoms. The number of rotatable bonds is 5. The first kappa shape index (κ1) is 13.2. The number of furan rings is 1. The average Bonchev–Trinajstić information content (AvgIpc) is 2.91. The third-order valence-electron chi connectivity index (χ3n) is 3.06. The van der Waals surface area contributed by atoms with Crippen molar-refractivity contribution in [2.75, 3.05) is 12.3 Å². The van der Waals surface area contributed by atoms with Gasteiger partial charge in [-0.05, 0) is 30.7 Å². The van der Waals surface area contributed by atoms with Gasteiger partial charge in [-0.25, -0.2) is 0 Å². The standard InChI is InChI=1S/C15H18N2O2/c1-2-17(11-13-7-5-9-19-13)15(18)10-12-6-3-4-8-14(12)16/h3-9H,2,10-11,16H2,1H3. The Hall–Kier alpha value is -2.23. The third kappa shape index (κ3) is 3.37. The van der Waals surface area contributed by atoms with E-state index in [0.717, 1.165) is 11.3 Å². The summed E-state index contributed by atoms with van der Waals surface area (Å²) in [6, 6.07) is 11.1. The minimum atomic E-state index is 0.0526. The summed E-state index contributed by atoms with van der Waals surface area (Å²) in [6.07, 6.45) is 1.93. The van der Waals surface area contributed by atoms with E-state index in [2.05, 4.69) is 0 Å². The fraction of sp³-hybridized carbons (Fsp3) is 0.267. The maximum atomic E-state index is 12.3. The number of nitrogens with two attached hydrogens (primary N) is 1. The number of nitrogens with zero attached hydrogens (tertiary/aromatic N) is 1. The van der Waals surface area contributed by atoms with Gasteiger partial charge in [-0.2, -0.15) is 0 Å². The highest BCUT2D eigenvalue weighted by Gasteiger charge is 2.14. The van der Waals surface area contributed by atoms with Gasteiger partial charge in [-0.3, -0.25) is 4.79 Å². The molecule has 0 atom stereocenters. The minimum Gasteiger partial charge on any atom is -0.467 e. The predicted molar refractivity (Wildman–Crippen MR) is 74.4 cm³/mol. The molecule has 0 fully saturated rings. The number of hydrogen-bond donors (Lipinski definition) is 1. The maximum absolute atomic E-state index is 12.3. The van der Waals surface area contributed by atoms with Gasteiger partial charge in [0.25, 0.3) is 0 Å². The van der Waals surface area contributed by atoms with E-state index in [1.807, 2.05) is 43.3 Å². The van der Waals surface area contributed by atoms with Crippen molar-refractivity contribution in [3.05, 3.63) is 54.0 Å². The molecular formula is C15H18N2O2. The van der Waals surface area contributed by atoms with E-state index >= 15 is 0 Å². The van der Waals surface area contributed by atoms with Crippen LogP contribution in [0.3, 0.4) is 0 Å². The number of anilines is 1. The van der Waals surface area contributed by atoms with Crippen LogP contribution in [0.25, 0.3) is 0 Å². The number of hydrogen-bond acceptors (Lipinski definition) is 3. The van der Waals surface area contributed by atoms with Crippen LogP contribution >= 0.6 is 0 Å². The Morgan fingerprint density at radius 3 is 2.68 bits per heavy atom. The zero-order valence-electron chi connectivity index (χ0n) is 11.0. The molecule has 0 aliphatic rings. The monoisotopic (exact) mass is 258 g/mol. The Bertz CT molecular complexity index is 535. The second kappa shape index (κ2) is 6.09. The van der Waals surface area contributed by atoms with Gasteiger partial charge in [0.05, 0.1) is 19.2 Å². The van der Waals surface area contributed by atoms with E-state index in [4.69, 9.17) is 10.2 Å².